The van der Waals surface area contributed by atoms with E-state index in [1.54, 1.807) is 0 Å². The molecule has 0 radical (unpaired) electrons. The molecule has 0 fully saturated rings. The van der Waals surface area contributed by atoms with Gasteiger partial charge < -0.3 is 20.6 Å². The van der Waals surface area contributed by atoms with E-state index in [0.717, 1.165) is 11.8 Å². The Bertz CT molecular complexity index is 369. The Morgan fingerprint density at radius 1 is 1.33 bits per heavy atom. The van der Waals surface area contributed by atoms with E-state index in [1.165, 1.54) is 18.7 Å². The number of aliphatic hydroxyl groups excluding tert-OH is 2. The number of rotatable bonds is 5. The van der Waals surface area contributed by atoms with Crippen LogP contribution in [0.4, 0.5) is 0 Å². The van der Waals surface area contributed by atoms with Gasteiger partial charge in [0.1, 0.15) is 4.91 Å². The van der Waals surface area contributed by atoms with E-state index >= 15 is 0 Å². The predicted octanol–water partition coefficient (Wildman–Crippen LogP) is -0.380. The second-order valence-electron chi connectivity index (χ2n) is 3.66. The Kier molecular flexibility index (Phi) is 6.00. The molecule has 2 unspecified atom stereocenters. The van der Waals surface area contributed by atoms with Crippen LogP contribution in [0.3, 0.4) is 0 Å². The van der Waals surface area contributed by atoms with Crippen LogP contribution in [-0.4, -0.2) is 57.5 Å². The molecule has 0 aromatic carbocycles. The minimum absolute atomic E-state index is 0.0195. The van der Waals surface area contributed by atoms with Crippen LogP contribution in [0, 0.1) is 0 Å². The number of carboxylic acids is 1. The van der Waals surface area contributed by atoms with Crippen molar-refractivity contribution in [1.29, 1.82) is 0 Å². The van der Waals surface area contributed by atoms with Gasteiger partial charge in [-0.25, -0.2) is 4.79 Å². The van der Waals surface area contributed by atoms with Crippen LogP contribution in [0.1, 0.15) is 6.92 Å². The first-order valence-corrected chi connectivity index (χ1v) is 7.27. The Balaban J connectivity index is 2.84. The summed E-state index contributed by atoms with van der Waals surface area (Å²) in [6.07, 6.45) is -0.908. The van der Waals surface area contributed by atoms with E-state index in [1.807, 2.05) is 0 Å². The van der Waals surface area contributed by atoms with Gasteiger partial charge in [-0.1, -0.05) is 0 Å². The molecule has 0 aromatic rings. The Morgan fingerprint density at radius 3 is 2.33 bits per heavy atom. The SMILES string of the molecule is CC(O)C(CO)NC(=O)C1=C(C(=O)O)SCCS1. The number of carbonyl (C=O) groups is 2. The minimum Gasteiger partial charge on any atom is -0.477 e. The lowest BCUT2D eigenvalue weighted by Gasteiger charge is -2.22. The molecule has 8 heteroatoms. The van der Waals surface area contributed by atoms with Gasteiger partial charge in [-0.3, -0.25) is 4.79 Å². The number of aliphatic carboxylic acids is 1. The van der Waals surface area contributed by atoms with Crippen molar-refractivity contribution in [2.45, 2.75) is 19.1 Å². The van der Waals surface area contributed by atoms with Crippen molar-refractivity contribution in [2.75, 3.05) is 18.1 Å². The molecule has 4 N–H and O–H groups in total. The number of nitrogens with one attached hydrogen (secondary N) is 1. The molecular weight excluding hydrogens is 278 g/mol. The van der Waals surface area contributed by atoms with Gasteiger partial charge in [0.05, 0.1) is 23.7 Å². The maximum Gasteiger partial charge on any atom is 0.343 e. The van der Waals surface area contributed by atoms with E-state index in [9.17, 15) is 14.7 Å². The molecule has 0 bridgehead atoms. The van der Waals surface area contributed by atoms with Gasteiger partial charge in [-0.05, 0) is 6.92 Å². The summed E-state index contributed by atoms with van der Waals surface area (Å²) in [4.78, 5) is 23.0. The predicted molar refractivity (Wildman–Crippen MR) is 70.3 cm³/mol. The van der Waals surface area contributed by atoms with Crippen molar-refractivity contribution in [3.05, 3.63) is 9.81 Å². The summed E-state index contributed by atoms with van der Waals surface area (Å²) < 4.78 is 0. The topological polar surface area (TPSA) is 107 Å². The minimum atomic E-state index is -1.13. The van der Waals surface area contributed by atoms with Crippen LogP contribution in [0.5, 0.6) is 0 Å². The largest absolute Gasteiger partial charge is 0.477 e. The smallest absolute Gasteiger partial charge is 0.343 e. The first-order chi connectivity index (χ1) is 8.47. The molecule has 102 valence electrons. The maximum absolute atomic E-state index is 11.9. The summed E-state index contributed by atoms with van der Waals surface area (Å²) in [5, 5.41) is 29.7. The highest BCUT2D eigenvalue weighted by Gasteiger charge is 2.27. The van der Waals surface area contributed by atoms with Crippen LogP contribution in [0.25, 0.3) is 0 Å². The molecule has 1 aliphatic heterocycles. The molecule has 0 saturated carbocycles. The van der Waals surface area contributed by atoms with Gasteiger partial charge in [0.15, 0.2) is 0 Å². The third kappa shape index (κ3) is 3.91. The van der Waals surface area contributed by atoms with Gasteiger partial charge in [0.2, 0.25) is 0 Å². The number of aliphatic hydroxyl groups is 2. The molecule has 2 atom stereocenters. The number of carboxylic acid groups (broad SMARTS) is 1. The fourth-order valence-electron chi connectivity index (χ4n) is 1.30. The lowest BCUT2D eigenvalue weighted by atomic mass is 10.2. The molecular formula is C10H15NO5S2. The van der Waals surface area contributed by atoms with Gasteiger partial charge in [-0.15, -0.1) is 23.5 Å². The number of hydrogen-bond donors (Lipinski definition) is 4. The van der Waals surface area contributed by atoms with E-state index in [0.29, 0.717) is 11.5 Å². The fourth-order valence-corrected chi connectivity index (χ4v) is 3.48. The van der Waals surface area contributed by atoms with Gasteiger partial charge >= 0.3 is 5.97 Å². The highest BCUT2D eigenvalue weighted by molar-refractivity contribution is 8.11. The van der Waals surface area contributed by atoms with Crippen molar-refractivity contribution < 1.29 is 24.9 Å². The quantitative estimate of drug-likeness (QED) is 0.547. The molecule has 0 aromatic heterocycles. The number of thioether (sulfide) groups is 2. The Labute approximate surface area is 113 Å². The van der Waals surface area contributed by atoms with Crippen LogP contribution < -0.4 is 5.32 Å². The van der Waals surface area contributed by atoms with Crippen LogP contribution in [0.15, 0.2) is 9.81 Å². The highest BCUT2D eigenvalue weighted by atomic mass is 32.2. The van der Waals surface area contributed by atoms with Crippen LogP contribution in [-0.2, 0) is 9.59 Å². The van der Waals surface area contributed by atoms with E-state index < -0.39 is 30.6 Å². The average molecular weight is 293 g/mol. The van der Waals surface area contributed by atoms with Crippen molar-refractivity contribution in [2.24, 2.45) is 0 Å². The molecule has 1 amide bonds. The first kappa shape index (κ1) is 15.4. The highest BCUT2D eigenvalue weighted by Crippen LogP contribution is 2.34. The lowest BCUT2D eigenvalue weighted by molar-refractivity contribution is -0.132. The van der Waals surface area contributed by atoms with E-state index in [2.05, 4.69) is 5.32 Å². The van der Waals surface area contributed by atoms with Gasteiger partial charge in [0, 0.05) is 11.5 Å². The summed E-state index contributed by atoms with van der Waals surface area (Å²) in [5.41, 5.74) is 0. The molecule has 1 rings (SSSR count). The first-order valence-electron chi connectivity index (χ1n) is 5.30. The molecule has 0 saturated heterocycles. The van der Waals surface area contributed by atoms with E-state index in [-0.39, 0.29) is 9.81 Å². The van der Waals surface area contributed by atoms with E-state index in [4.69, 9.17) is 10.2 Å². The maximum atomic E-state index is 11.9. The standard InChI is InChI=1S/C10H15NO5S2/c1-5(13)6(4-12)11-9(14)7-8(10(15)16)18-3-2-17-7/h5-6,12-13H,2-4H2,1H3,(H,11,14)(H,15,16). The molecule has 18 heavy (non-hydrogen) atoms. The van der Waals surface area contributed by atoms with Crippen molar-refractivity contribution in [1.82, 2.24) is 5.32 Å². The Hall–Kier alpha value is -0.700. The molecule has 0 spiro atoms. The summed E-state index contributed by atoms with van der Waals surface area (Å²) in [6, 6.07) is -0.799. The summed E-state index contributed by atoms with van der Waals surface area (Å²) >= 11 is 2.30. The van der Waals surface area contributed by atoms with Crippen LogP contribution in [0.2, 0.25) is 0 Å². The second-order valence-corrected chi connectivity index (χ2v) is 5.87. The second kappa shape index (κ2) is 7.03. The normalized spacial score (nSPS) is 19.3. The third-order valence-corrected chi connectivity index (χ3v) is 4.83. The van der Waals surface area contributed by atoms with Crippen LogP contribution >= 0.6 is 23.5 Å². The molecule has 0 aliphatic carbocycles. The average Bonchev–Trinajstić information content (AvgIpc) is 2.35. The zero-order valence-corrected chi connectivity index (χ0v) is 11.4. The zero-order chi connectivity index (χ0) is 13.7. The number of hydrogen-bond acceptors (Lipinski definition) is 6. The number of carbonyl (C=O) groups excluding carboxylic acids is 1. The third-order valence-electron chi connectivity index (χ3n) is 2.28. The lowest BCUT2D eigenvalue weighted by Crippen LogP contribution is -2.45. The molecule has 6 nitrogen and oxygen atoms in total. The Morgan fingerprint density at radius 2 is 1.89 bits per heavy atom. The van der Waals surface area contributed by atoms with Crippen molar-refractivity contribution in [3.8, 4) is 0 Å². The fraction of sp³-hybridized carbons (Fsp3) is 0.600. The zero-order valence-electron chi connectivity index (χ0n) is 9.75. The number of amides is 1. The molecule has 1 heterocycles. The van der Waals surface area contributed by atoms with Crippen molar-refractivity contribution >= 4 is 35.4 Å². The summed E-state index contributed by atoms with van der Waals surface area (Å²) in [6.45, 7) is 1.04. The molecule has 1 aliphatic rings. The van der Waals surface area contributed by atoms with Crippen molar-refractivity contribution in [3.63, 3.8) is 0 Å². The van der Waals surface area contributed by atoms with Gasteiger partial charge in [0.25, 0.3) is 5.91 Å². The summed E-state index contributed by atoms with van der Waals surface area (Å²) in [7, 11) is 0. The summed E-state index contributed by atoms with van der Waals surface area (Å²) in [5.74, 6) is -0.398. The van der Waals surface area contributed by atoms with Gasteiger partial charge in [-0.2, -0.15) is 0 Å². The monoisotopic (exact) mass is 293 g/mol.